The highest BCUT2D eigenvalue weighted by molar-refractivity contribution is 5.99. The summed E-state index contributed by atoms with van der Waals surface area (Å²) in [5.74, 6) is -0.272. The zero-order valence-corrected chi connectivity index (χ0v) is 18.4. The lowest BCUT2D eigenvalue weighted by atomic mass is 9.79. The maximum Gasteiger partial charge on any atom is 0.240 e. The summed E-state index contributed by atoms with van der Waals surface area (Å²) in [7, 11) is 2.15. The monoisotopic (exact) mass is 409 g/mol. The smallest absolute Gasteiger partial charge is 0.240 e. The summed E-state index contributed by atoms with van der Waals surface area (Å²) in [5.41, 5.74) is 9.74. The zero-order chi connectivity index (χ0) is 21.1. The zero-order valence-electron chi connectivity index (χ0n) is 18.4. The van der Waals surface area contributed by atoms with Crippen LogP contribution in [0.1, 0.15) is 25.0 Å². The van der Waals surface area contributed by atoms with Crippen molar-refractivity contribution in [2.24, 2.45) is 11.7 Å². The molecule has 2 aromatic rings. The fraction of sp³-hybridized carbons (Fsp3) is 0.375. The van der Waals surface area contributed by atoms with Gasteiger partial charge in [0.05, 0.1) is 5.92 Å². The van der Waals surface area contributed by atoms with Crippen molar-refractivity contribution in [2.45, 2.75) is 26.3 Å². The van der Waals surface area contributed by atoms with Gasteiger partial charge in [-0.3, -0.25) is 14.5 Å². The summed E-state index contributed by atoms with van der Waals surface area (Å²) in [6.07, 6.45) is 6.47. The molecule has 1 radical (unpaired) electrons. The number of nitrogens with one attached hydrogen (secondary N) is 1. The topological polar surface area (TPSA) is 82.4 Å². The molecule has 1 aromatic heterocycles. The molecule has 2 aliphatic rings. The van der Waals surface area contributed by atoms with Crippen LogP contribution >= 0.6 is 0 Å². The Morgan fingerprint density at radius 2 is 2.00 bits per heavy atom. The van der Waals surface area contributed by atoms with Gasteiger partial charge in [0.1, 0.15) is 0 Å². The standard InChI is InChI=1S/C20H25N3O.C3H5NO.CH3/c1-4-23(5-2)20(24)14-9-16-15-7-6-8-17-19(15)13(11-21-17)10-18(16)22(3)12-14;1-2-3(4)5;/h6-9,11,14,18,21H,4-5,10,12H2,1-3H3;2H,1H2,(H2,4,5);1H3/t14-,18-;;/m1../s1. The number of fused-ring (bicyclic) bond motifs is 2. The predicted octanol–water partition coefficient (Wildman–Crippen LogP) is 3.01. The molecule has 161 valence electrons. The van der Waals surface area contributed by atoms with Crippen molar-refractivity contribution < 1.29 is 9.59 Å². The van der Waals surface area contributed by atoms with E-state index in [1.165, 1.54) is 27.6 Å². The molecular weight excluding hydrogens is 376 g/mol. The molecule has 3 N–H and O–H groups in total. The lowest BCUT2D eigenvalue weighted by Gasteiger charge is -2.40. The lowest BCUT2D eigenvalue weighted by Crippen LogP contribution is -2.47. The van der Waals surface area contributed by atoms with Crippen LogP contribution in [0.3, 0.4) is 0 Å². The van der Waals surface area contributed by atoms with E-state index in [-0.39, 0.29) is 19.3 Å². The van der Waals surface area contributed by atoms with Crippen LogP contribution in [0.5, 0.6) is 0 Å². The number of aromatic nitrogens is 1. The first-order valence-corrected chi connectivity index (χ1v) is 10.1. The molecule has 30 heavy (non-hydrogen) atoms. The van der Waals surface area contributed by atoms with E-state index in [1.54, 1.807) is 0 Å². The lowest BCUT2D eigenvalue weighted by molar-refractivity contribution is -0.134. The van der Waals surface area contributed by atoms with Crippen molar-refractivity contribution in [3.05, 3.63) is 61.7 Å². The van der Waals surface area contributed by atoms with Crippen LogP contribution in [0.25, 0.3) is 16.5 Å². The van der Waals surface area contributed by atoms with Crippen LogP contribution in [-0.2, 0) is 16.0 Å². The molecule has 4 rings (SSSR count). The highest BCUT2D eigenvalue weighted by atomic mass is 16.2. The number of H-pyrrole nitrogens is 1. The average molecular weight is 410 g/mol. The summed E-state index contributed by atoms with van der Waals surface area (Å²) in [6.45, 7) is 9.55. The number of hydrogen-bond acceptors (Lipinski definition) is 3. The van der Waals surface area contributed by atoms with E-state index in [2.05, 4.69) is 73.6 Å². The predicted molar refractivity (Wildman–Crippen MR) is 124 cm³/mol. The first kappa shape index (κ1) is 23.4. The summed E-state index contributed by atoms with van der Waals surface area (Å²) in [6, 6.07) is 6.82. The van der Waals surface area contributed by atoms with Crippen LogP contribution in [0.2, 0.25) is 0 Å². The van der Waals surface area contributed by atoms with Crippen LogP contribution < -0.4 is 5.73 Å². The molecule has 6 nitrogen and oxygen atoms in total. The second-order valence-electron chi connectivity index (χ2n) is 7.55. The fourth-order valence-corrected chi connectivity index (χ4v) is 4.38. The minimum Gasteiger partial charge on any atom is -0.366 e. The molecule has 0 spiro atoms. The number of likely N-dealkylation sites (N-methyl/N-ethyl adjacent to an activating group) is 1. The third kappa shape index (κ3) is 4.33. The van der Waals surface area contributed by atoms with Crippen molar-refractivity contribution in [2.75, 3.05) is 26.7 Å². The number of aromatic amines is 1. The Hall–Kier alpha value is -2.86. The minimum absolute atomic E-state index is 0. The molecule has 0 saturated heterocycles. The fourth-order valence-electron chi connectivity index (χ4n) is 4.38. The van der Waals surface area contributed by atoms with Crippen molar-refractivity contribution in [1.82, 2.24) is 14.8 Å². The third-order valence-corrected chi connectivity index (χ3v) is 5.86. The summed E-state index contributed by atoms with van der Waals surface area (Å²) in [5, 5.41) is 1.34. The first-order valence-electron chi connectivity index (χ1n) is 10.1. The number of rotatable bonds is 4. The van der Waals surface area contributed by atoms with E-state index < -0.39 is 5.91 Å². The molecule has 2 heterocycles. The molecule has 6 heteroatoms. The Morgan fingerprint density at radius 1 is 1.33 bits per heavy atom. The maximum atomic E-state index is 12.9. The molecule has 0 unspecified atom stereocenters. The van der Waals surface area contributed by atoms with Gasteiger partial charge in [-0.15, -0.1) is 0 Å². The molecule has 1 aliphatic heterocycles. The van der Waals surface area contributed by atoms with E-state index >= 15 is 0 Å². The highest BCUT2D eigenvalue weighted by Gasteiger charge is 2.36. The first-order chi connectivity index (χ1) is 13.9. The average Bonchev–Trinajstić information content (AvgIpc) is 3.14. The van der Waals surface area contributed by atoms with Crippen molar-refractivity contribution in [3.8, 4) is 0 Å². The second-order valence-corrected chi connectivity index (χ2v) is 7.55. The summed E-state index contributed by atoms with van der Waals surface area (Å²) < 4.78 is 0. The highest BCUT2D eigenvalue weighted by Crippen LogP contribution is 2.40. The molecule has 1 aliphatic carbocycles. The Kier molecular flexibility index (Phi) is 7.62. The second kappa shape index (κ2) is 9.76. The Bertz CT molecular complexity index is 955. The van der Waals surface area contributed by atoms with Gasteiger partial charge >= 0.3 is 0 Å². The van der Waals surface area contributed by atoms with Gasteiger partial charge < -0.3 is 15.6 Å². The third-order valence-electron chi connectivity index (χ3n) is 5.86. The Labute approximate surface area is 179 Å². The molecule has 2 atom stereocenters. The van der Waals surface area contributed by atoms with E-state index in [0.717, 1.165) is 32.1 Å². The van der Waals surface area contributed by atoms with Crippen LogP contribution in [-0.4, -0.2) is 59.3 Å². The number of nitrogens with zero attached hydrogens (tertiary/aromatic N) is 2. The van der Waals surface area contributed by atoms with Crippen molar-refractivity contribution in [3.63, 3.8) is 0 Å². The van der Waals surface area contributed by atoms with E-state index in [0.29, 0.717) is 6.04 Å². The van der Waals surface area contributed by atoms with E-state index in [9.17, 15) is 9.59 Å². The van der Waals surface area contributed by atoms with Gasteiger partial charge in [0.25, 0.3) is 0 Å². The van der Waals surface area contributed by atoms with Crippen molar-refractivity contribution in [1.29, 1.82) is 0 Å². The minimum atomic E-state index is -0.481. The quantitative estimate of drug-likeness (QED) is 0.762. The van der Waals surface area contributed by atoms with Gasteiger partial charge in [0, 0.05) is 42.8 Å². The number of primary amides is 1. The number of carbonyl (C=O) groups is 2. The molecular formula is C24H33N4O2. The number of benzene rings is 1. The van der Waals surface area contributed by atoms with Gasteiger partial charge in [-0.2, -0.15) is 0 Å². The van der Waals surface area contributed by atoms with Gasteiger partial charge in [0.2, 0.25) is 11.8 Å². The molecule has 1 aromatic carbocycles. The molecule has 0 bridgehead atoms. The molecule has 0 saturated carbocycles. The van der Waals surface area contributed by atoms with Gasteiger partial charge in [-0.05, 0) is 56.2 Å². The van der Waals surface area contributed by atoms with Crippen molar-refractivity contribution >= 4 is 28.3 Å². The van der Waals surface area contributed by atoms with Crippen LogP contribution in [0.4, 0.5) is 0 Å². The van der Waals surface area contributed by atoms with Crippen LogP contribution in [0, 0.1) is 13.3 Å². The van der Waals surface area contributed by atoms with E-state index in [1.807, 2.05) is 4.90 Å². The number of carbonyl (C=O) groups excluding carboxylic acids is 2. The number of nitrogens with two attached hydrogens (primary N) is 1. The molecule has 0 fully saturated rings. The molecule has 2 amide bonds. The number of hydrogen-bond donors (Lipinski definition) is 2. The number of amides is 2. The van der Waals surface area contributed by atoms with Crippen LogP contribution in [0.15, 0.2) is 43.1 Å². The SMILES string of the molecule is C=CC(N)=O.CCN(CC)C(=O)[C@@H]1C=C2c3cccc4[nH]cc(c34)C[C@H]2N(C)C1.[CH3]. The Balaban J connectivity index is 0.000000482. The summed E-state index contributed by atoms with van der Waals surface area (Å²) in [4.78, 5) is 30.0. The van der Waals surface area contributed by atoms with Gasteiger partial charge in [0.15, 0.2) is 0 Å². The summed E-state index contributed by atoms with van der Waals surface area (Å²) >= 11 is 0. The van der Waals surface area contributed by atoms with E-state index in [4.69, 9.17) is 0 Å². The largest absolute Gasteiger partial charge is 0.366 e. The van der Waals surface area contributed by atoms with Gasteiger partial charge in [-0.25, -0.2) is 0 Å². The maximum absolute atomic E-state index is 12.9. The Morgan fingerprint density at radius 3 is 2.60 bits per heavy atom. The van der Waals surface area contributed by atoms with Gasteiger partial charge in [-0.1, -0.05) is 32.2 Å². The normalized spacial score (nSPS) is 19.5.